The first-order valence-electron chi connectivity index (χ1n) is 14.7. The standard InChI is InChI=1S/C33H44N6O5/c1-34(2)17-15-23-19-38(21-29(40)36(5)6)25-11-9-13-27(31(23)25)43-33(42)44-28-14-10-12-26-32(28)24(16-18-35(3)4)20-39(26)22-30(41)37(7)8/h9-14,19-20H,15-18,21-22H2,1-8H3. The number of ether oxygens (including phenoxy) is 2. The molecule has 0 unspecified atom stereocenters. The molecule has 2 amide bonds. The van der Waals surface area contributed by atoms with E-state index in [1.165, 1.54) is 0 Å². The van der Waals surface area contributed by atoms with E-state index in [4.69, 9.17) is 9.47 Å². The van der Waals surface area contributed by atoms with E-state index in [0.29, 0.717) is 24.3 Å². The molecule has 0 N–H and O–H groups in total. The lowest BCUT2D eigenvalue weighted by molar-refractivity contribution is -0.130. The number of benzene rings is 2. The van der Waals surface area contributed by atoms with Crippen molar-refractivity contribution < 1.29 is 23.9 Å². The van der Waals surface area contributed by atoms with Crippen LogP contribution in [0.5, 0.6) is 11.5 Å². The Balaban J connectivity index is 1.69. The minimum atomic E-state index is -0.864. The highest BCUT2D eigenvalue weighted by molar-refractivity contribution is 5.95. The molecule has 11 heteroatoms. The molecule has 0 bridgehead atoms. The molecule has 0 saturated heterocycles. The quantitative estimate of drug-likeness (QED) is 0.180. The number of aromatic nitrogens is 2. The monoisotopic (exact) mass is 604 g/mol. The Kier molecular flexibility index (Phi) is 10.3. The Hall–Kier alpha value is -4.35. The molecule has 4 rings (SSSR count). The summed E-state index contributed by atoms with van der Waals surface area (Å²) in [5, 5.41) is 1.55. The molecule has 0 spiro atoms. The van der Waals surface area contributed by atoms with Crippen LogP contribution in [0.25, 0.3) is 21.8 Å². The maximum Gasteiger partial charge on any atom is 0.519 e. The van der Waals surface area contributed by atoms with E-state index in [1.807, 2.05) is 61.9 Å². The molecule has 2 aromatic heterocycles. The Morgan fingerprint density at radius 2 is 1.00 bits per heavy atom. The van der Waals surface area contributed by atoms with Crippen LogP contribution < -0.4 is 9.47 Å². The summed E-state index contributed by atoms with van der Waals surface area (Å²) in [4.78, 5) is 45.8. The number of rotatable bonds is 12. The highest BCUT2D eigenvalue weighted by Crippen LogP contribution is 2.34. The molecule has 0 radical (unpaired) electrons. The van der Waals surface area contributed by atoms with Gasteiger partial charge in [-0.2, -0.15) is 0 Å². The van der Waals surface area contributed by atoms with Gasteiger partial charge in [0, 0.05) is 64.4 Å². The third-order valence-electron chi connectivity index (χ3n) is 7.55. The average molecular weight is 605 g/mol. The molecule has 44 heavy (non-hydrogen) atoms. The number of hydrogen-bond acceptors (Lipinski definition) is 7. The van der Waals surface area contributed by atoms with Crippen molar-refractivity contribution in [2.24, 2.45) is 0 Å². The van der Waals surface area contributed by atoms with Gasteiger partial charge in [0.1, 0.15) is 24.6 Å². The lowest BCUT2D eigenvalue weighted by Crippen LogP contribution is -2.26. The number of carbonyl (C=O) groups excluding carboxylic acids is 3. The van der Waals surface area contributed by atoms with Gasteiger partial charge in [0.25, 0.3) is 0 Å². The van der Waals surface area contributed by atoms with Crippen molar-refractivity contribution in [1.29, 1.82) is 0 Å². The van der Waals surface area contributed by atoms with Gasteiger partial charge in [-0.15, -0.1) is 0 Å². The summed E-state index contributed by atoms with van der Waals surface area (Å²) in [5.74, 6) is 0.659. The van der Waals surface area contributed by atoms with Gasteiger partial charge in [-0.1, -0.05) is 12.1 Å². The van der Waals surface area contributed by atoms with Crippen molar-refractivity contribution >= 4 is 39.8 Å². The van der Waals surface area contributed by atoms with E-state index in [1.54, 1.807) is 62.3 Å². The van der Waals surface area contributed by atoms with Gasteiger partial charge in [0.2, 0.25) is 11.8 Å². The largest absolute Gasteiger partial charge is 0.519 e. The minimum absolute atomic E-state index is 0.0378. The maximum absolute atomic E-state index is 13.4. The molecule has 11 nitrogen and oxygen atoms in total. The zero-order chi connectivity index (χ0) is 32.1. The second kappa shape index (κ2) is 14.0. The fourth-order valence-corrected chi connectivity index (χ4v) is 5.08. The van der Waals surface area contributed by atoms with E-state index in [9.17, 15) is 14.4 Å². The summed E-state index contributed by atoms with van der Waals surface area (Å²) >= 11 is 0. The van der Waals surface area contributed by atoms with Crippen molar-refractivity contribution in [1.82, 2.24) is 28.7 Å². The zero-order valence-corrected chi connectivity index (χ0v) is 27.1. The summed E-state index contributed by atoms with van der Waals surface area (Å²) in [7, 11) is 14.9. The fourth-order valence-electron chi connectivity index (χ4n) is 5.08. The van der Waals surface area contributed by atoms with E-state index < -0.39 is 6.16 Å². The van der Waals surface area contributed by atoms with E-state index in [2.05, 4.69) is 9.80 Å². The first-order chi connectivity index (χ1) is 20.8. The number of amides is 2. The van der Waals surface area contributed by atoms with E-state index >= 15 is 0 Å². The van der Waals surface area contributed by atoms with E-state index in [-0.39, 0.29) is 24.9 Å². The highest BCUT2D eigenvalue weighted by atomic mass is 16.7. The molecule has 0 aliphatic rings. The minimum Gasteiger partial charge on any atom is -0.394 e. The Morgan fingerprint density at radius 1 is 0.614 bits per heavy atom. The molecular formula is C33H44N6O5. The Labute approximate surface area is 259 Å². The summed E-state index contributed by atoms with van der Waals surface area (Å²) in [6.45, 7) is 1.91. The highest BCUT2D eigenvalue weighted by Gasteiger charge is 2.21. The van der Waals surface area contributed by atoms with Gasteiger partial charge in [0.15, 0.2) is 0 Å². The summed E-state index contributed by atoms with van der Waals surface area (Å²) in [6, 6.07) is 10.9. The third-order valence-corrected chi connectivity index (χ3v) is 7.55. The van der Waals surface area contributed by atoms with Crippen LogP contribution in [-0.2, 0) is 35.5 Å². The normalized spacial score (nSPS) is 11.5. The second-order valence-corrected chi connectivity index (χ2v) is 12.0. The Morgan fingerprint density at radius 3 is 1.34 bits per heavy atom. The number of carbonyl (C=O) groups is 3. The van der Waals surface area contributed by atoms with Crippen molar-refractivity contribution in [3.63, 3.8) is 0 Å². The summed E-state index contributed by atoms with van der Waals surface area (Å²) in [5.41, 5.74) is 3.55. The third kappa shape index (κ3) is 7.59. The molecule has 2 aromatic carbocycles. The van der Waals surface area contributed by atoms with Crippen LogP contribution in [0.2, 0.25) is 0 Å². The van der Waals surface area contributed by atoms with Crippen LogP contribution in [0, 0.1) is 0 Å². The number of likely N-dealkylation sites (N-methyl/N-ethyl adjacent to an activating group) is 4. The molecule has 0 atom stereocenters. The van der Waals surface area contributed by atoms with Crippen LogP contribution in [0.15, 0.2) is 48.8 Å². The van der Waals surface area contributed by atoms with Crippen LogP contribution in [0.4, 0.5) is 4.79 Å². The maximum atomic E-state index is 13.4. The molecule has 0 fully saturated rings. The molecule has 0 aliphatic carbocycles. The van der Waals surface area contributed by atoms with Gasteiger partial charge in [-0.25, -0.2) is 4.79 Å². The number of nitrogens with zero attached hydrogens (tertiary/aromatic N) is 6. The predicted molar refractivity (Wildman–Crippen MR) is 172 cm³/mol. The van der Waals surface area contributed by atoms with Gasteiger partial charge in [-0.05, 0) is 76.4 Å². The fraction of sp³-hybridized carbons (Fsp3) is 0.424. The van der Waals surface area contributed by atoms with Gasteiger partial charge in [-0.3, -0.25) is 9.59 Å². The molecule has 0 aliphatic heterocycles. The van der Waals surface area contributed by atoms with Gasteiger partial charge < -0.3 is 38.2 Å². The second-order valence-electron chi connectivity index (χ2n) is 12.0. The lowest BCUT2D eigenvalue weighted by Gasteiger charge is -2.13. The van der Waals surface area contributed by atoms with E-state index in [0.717, 1.165) is 46.0 Å². The van der Waals surface area contributed by atoms with Crippen LogP contribution in [0.1, 0.15) is 11.1 Å². The first-order valence-corrected chi connectivity index (χ1v) is 14.7. The number of fused-ring (bicyclic) bond motifs is 2. The van der Waals surface area contributed by atoms with Crippen LogP contribution in [0.3, 0.4) is 0 Å². The summed E-state index contributed by atoms with van der Waals surface area (Å²) < 4.78 is 15.5. The van der Waals surface area contributed by atoms with Gasteiger partial charge >= 0.3 is 6.16 Å². The summed E-state index contributed by atoms with van der Waals surface area (Å²) in [6.07, 6.45) is 4.47. The molecule has 236 valence electrons. The Bertz CT molecular complexity index is 1530. The number of hydrogen-bond donors (Lipinski definition) is 0. The first kappa shape index (κ1) is 32.6. The van der Waals surface area contributed by atoms with Crippen molar-refractivity contribution in [2.75, 3.05) is 69.5 Å². The molecule has 0 saturated carbocycles. The SMILES string of the molecule is CN(C)CCc1cn(CC(=O)N(C)C)c2cccc(OC(=O)Oc3cccc4c3c(CCN(C)C)cn4CC(=O)N(C)C)c12. The smallest absolute Gasteiger partial charge is 0.394 e. The van der Waals surface area contributed by atoms with Crippen LogP contribution >= 0.6 is 0 Å². The van der Waals surface area contributed by atoms with Crippen molar-refractivity contribution in [3.8, 4) is 11.5 Å². The predicted octanol–water partition coefficient (Wildman–Crippen LogP) is 3.56. The van der Waals surface area contributed by atoms with Crippen molar-refractivity contribution in [2.45, 2.75) is 25.9 Å². The topological polar surface area (TPSA) is 92.5 Å². The lowest BCUT2D eigenvalue weighted by atomic mass is 10.1. The van der Waals surface area contributed by atoms with Crippen LogP contribution in [-0.4, -0.2) is 116 Å². The average Bonchev–Trinajstić information content (AvgIpc) is 3.49. The zero-order valence-electron chi connectivity index (χ0n) is 27.1. The van der Waals surface area contributed by atoms with Gasteiger partial charge in [0.05, 0.1) is 11.0 Å². The molecular weight excluding hydrogens is 560 g/mol. The van der Waals surface area contributed by atoms with Crippen molar-refractivity contribution in [3.05, 3.63) is 59.9 Å². The molecule has 2 heterocycles. The molecule has 4 aromatic rings.